The maximum atomic E-state index is 5.43. The molecule has 0 aliphatic rings. The second-order valence-electron chi connectivity index (χ2n) is 5.00. The van der Waals surface area contributed by atoms with Crippen LogP contribution in [0.2, 0.25) is 0 Å². The van der Waals surface area contributed by atoms with Gasteiger partial charge in [0, 0.05) is 18.3 Å². The summed E-state index contributed by atoms with van der Waals surface area (Å²) in [4.78, 5) is 8.48. The molecule has 118 valence electrons. The first kappa shape index (κ1) is 16.1. The van der Waals surface area contributed by atoms with Crippen molar-refractivity contribution < 1.29 is 4.74 Å². The van der Waals surface area contributed by atoms with E-state index in [4.69, 9.17) is 4.74 Å². The number of hydrogen-bond donors (Lipinski definition) is 2. The highest BCUT2D eigenvalue weighted by Gasteiger charge is 2.00. The molecule has 22 heavy (non-hydrogen) atoms. The lowest BCUT2D eigenvalue weighted by molar-refractivity contribution is 0.340. The van der Waals surface area contributed by atoms with Crippen molar-refractivity contribution in [2.45, 2.75) is 33.1 Å². The standard InChI is InChI=1S/C17H24N4O/c1-3-5-6-11-18-16-12-17(20-13-19-16)21-14-7-9-15(10-8-14)22-4-2/h7-10,12-13H,3-6,11H2,1-2H3,(H2,18,19,20,21). The van der Waals surface area contributed by atoms with Crippen molar-refractivity contribution in [1.82, 2.24) is 9.97 Å². The van der Waals surface area contributed by atoms with Gasteiger partial charge in [-0.1, -0.05) is 19.8 Å². The van der Waals surface area contributed by atoms with Crippen LogP contribution >= 0.6 is 0 Å². The Morgan fingerprint density at radius 2 is 1.77 bits per heavy atom. The van der Waals surface area contributed by atoms with E-state index in [9.17, 15) is 0 Å². The third kappa shape index (κ3) is 5.24. The molecule has 0 atom stereocenters. The number of nitrogens with zero attached hydrogens (tertiary/aromatic N) is 2. The van der Waals surface area contributed by atoms with E-state index >= 15 is 0 Å². The summed E-state index contributed by atoms with van der Waals surface area (Å²) in [6.07, 6.45) is 5.17. The van der Waals surface area contributed by atoms with Crippen molar-refractivity contribution in [2.24, 2.45) is 0 Å². The molecule has 1 aromatic heterocycles. The molecule has 1 heterocycles. The average molecular weight is 300 g/mol. The number of aromatic nitrogens is 2. The molecular weight excluding hydrogens is 276 g/mol. The molecule has 0 aliphatic carbocycles. The zero-order valence-corrected chi connectivity index (χ0v) is 13.3. The molecule has 0 saturated carbocycles. The van der Waals surface area contributed by atoms with E-state index in [2.05, 4.69) is 27.5 Å². The van der Waals surface area contributed by atoms with E-state index in [0.29, 0.717) is 6.61 Å². The number of nitrogens with one attached hydrogen (secondary N) is 2. The lowest BCUT2D eigenvalue weighted by Gasteiger charge is -2.09. The van der Waals surface area contributed by atoms with Gasteiger partial charge in [-0.05, 0) is 37.6 Å². The summed E-state index contributed by atoms with van der Waals surface area (Å²) in [5, 5.41) is 6.59. The van der Waals surface area contributed by atoms with Crippen LogP contribution in [0.3, 0.4) is 0 Å². The van der Waals surface area contributed by atoms with Gasteiger partial charge in [0.2, 0.25) is 0 Å². The third-order valence-electron chi connectivity index (χ3n) is 3.19. The zero-order chi connectivity index (χ0) is 15.6. The number of rotatable bonds is 9. The van der Waals surface area contributed by atoms with E-state index in [0.717, 1.165) is 36.0 Å². The van der Waals surface area contributed by atoms with E-state index in [-0.39, 0.29) is 0 Å². The van der Waals surface area contributed by atoms with Crippen molar-refractivity contribution in [1.29, 1.82) is 0 Å². The predicted octanol–water partition coefficient (Wildman–Crippen LogP) is 4.22. The summed E-state index contributed by atoms with van der Waals surface area (Å²) in [5.74, 6) is 2.49. The van der Waals surface area contributed by atoms with E-state index in [1.54, 1.807) is 6.33 Å². The Morgan fingerprint density at radius 1 is 1.00 bits per heavy atom. The Hall–Kier alpha value is -2.30. The van der Waals surface area contributed by atoms with Gasteiger partial charge < -0.3 is 15.4 Å². The minimum Gasteiger partial charge on any atom is -0.494 e. The van der Waals surface area contributed by atoms with Crippen molar-refractivity contribution in [3.8, 4) is 5.75 Å². The largest absolute Gasteiger partial charge is 0.494 e. The fourth-order valence-electron chi connectivity index (χ4n) is 2.06. The minimum absolute atomic E-state index is 0.672. The van der Waals surface area contributed by atoms with Gasteiger partial charge in [-0.3, -0.25) is 0 Å². The number of anilines is 3. The first-order valence-electron chi connectivity index (χ1n) is 7.87. The summed E-state index contributed by atoms with van der Waals surface area (Å²) in [5.41, 5.74) is 0.971. The Balaban J connectivity index is 1.91. The Morgan fingerprint density at radius 3 is 2.50 bits per heavy atom. The van der Waals surface area contributed by atoms with E-state index in [1.165, 1.54) is 12.8 Å². The van der Waals surface area contributed by atoms with Crippen LogP contribution in [0.1, 0.15) is 33.1 Å². The molecule has 5 nitrogen and oxygen atoms in total. The van der Waals surface area contributed by atoms with Gasteiger partial charge in [0.25, 0.3) is 0 Å². The highest BCUT2D eigenvalue weighted by atomic mass is 16.5. The average Bonchev–Trinajstić information content (AvgIpc) is 2.54. The maximum absolute atomic E-state index is 5.43. The number of benzene rings is 1. The van der Waals surface area contributed by atoms with Crippen LogP contribution in [0, 0.1) is 0 Å². The maximum Gasteiger partial charge on any atom is 0.135 e. The Kier molecular flexibility index (Phi) is 6.48. The van der Waals surface area contributed by atoms with Gasteiger partial charge in [0.15, 0.2) is 0 Å². The molecule has 1 aromatic carbocycles. The van der Waals surface area contributed by atoms with Gasteiger partial charge in [0.1, 0.15) is 23.7 Å². The highest BCUT2D eigenvalue weighted by molar-refractivity contribution is 5.59. The molecule has 0 radical (unpaired) electrons. The van der Waals surface area contributed by atoms with Gasteiger partial charge in [-0.15, -0.1) is 0 Å². The van der Waals surface area contributed by atoms with E-state index in [1.807, 2.05) is 37.3 Å². The highest BCUT2D eigenvalue weighted by Crippen LogP contribution is 2.19. The lowest BCUT2D eigenvalue weighted by Crippen LogP contribution is -2.04. The van der Waals surface area contributed by atoms with Crippen molar-refractivity contribution >= 4 is 17.3 Å². The first-order chi connectivity index (χ1) is 10.8. The summed E-state index contributed by atoms with van der Waals surface area (Å²) in [6, 6.07) is 9.75. The molecule has 0 aliphatic heterocycles. The van der Waals surface area contributed by atoms with Crippen LogP contribution in [-0.2, 0) is 0 Å². The molecule has 0 spiro atoms. The van der Waals surface area contributed by atoms with Crippen LogP contribution in [0.25, 0.3) is 0 Å². The molecule has 2 N–H and O–H groups in total. The van der Waals surface area contributed by atoms with Crippen molar-refractivity contribution in [2.75, 3.05) is 23.8 Å². The van der Waals surface area contributed by atoms with E-state index < -0.39 is 0 Å². The van der Waals surface area contributed by atoms with Crippen LogP contribution in [0.4, 0.5) is 17.3 Å². The second kappa shape index (κ2) is 8.87. The first-order valence-corrected chi connectivity index (χ1v) is 7.87. The molecule has 2 aromatic rings. The minimum atomic E-state index is 0.672. The molecule has 0 fully saturated rings. The summed E-state index contributed by atoms with van der Waals surface area (Å²) in [6.45, 7) is 5.78. The number of hydrogen-bond acceptors (Lipinski definition) is 5. The summed E-state index contributed by atoms with van der Waals surface area (Å²) >= 11 is 0. The van der Waals surface area contributed by atoms with Crippen LogP contribution in [-0.4, -0.2) is 23.1 Å². The monoisotopic (exact) mass is 300 g/mol. The molecule has 0 saturated heterocycles. The Labute approximate surface area is 132 Å². The predicted molar refractivity (Wildman–Crippen MR) is 90.9 cm³/mol. The van der Waals surface area contributed by atoms with Crippen LogP contribution in [0.15, 0.2) is 36.7 Å². The van der Waals surface area contributed by atoms with Crippen LogP contribution in [0.5, 0.6) is 5.75 Å². The molecular formula is C17H24N4O. The summed E-state index contributed by atoms with van der Waals surface area (Å²) < 4.78 is 5.43. The second-order valence-corrected chi connectivity index (χ2v) is 5.00. The van der Waals surface area contributed by atoms with Crippen molar-refractivity contribution in [3.05, 3.63) is 36.7 Å². The normalized spacial score (nSPS) is 10.3. The van der Waals surface area contributed by atoms with Gasteiger partial charge >= 0.3 is 0 Å². The van der Waals surface area contributed by atoms with Crippen LogP contribution < -0.4 is 15.4 Å². The topological polar surface area (TPSA) is 59.1 Å². The SMILES string of the molecule is CCCCCNc1cc(Nc2ccc(OCC)cc2)ncn1. The van der Waals surface area contributed by atoms with Crippen molar-refractivity contribution in [3.63, 3.8) is 0 Å². The third-order valence-corrected chi connectivity index (χ3v) is 3.19. The van der Waals surface area contributed by atoms with Gasteiger partial charge in [-0.25, -0.2) is 9.97 Å². The van der Waals surface area contributed by atoms with Gasteiger partial charge in [-0.2, -0.15) is 0 Å². The van der Waals surface area contributed by atoms with Gasteiger partial charge in [0.05, 0.1) is 6.61 Å². The molecule has 0 bridgehead atoms. The fourth-order valence-corrected chi connectivity index (χ4v) is 2.06. The molecule has 0 amide bonds. The zero-order valence-electron chi connectivity index (χ0n) is 13.3. The lowest BCUT2D eigenvalue weighted by atomic mass is 10.2. The number of unbranched alkanes of at least 4 members (excludes halogenated alkanes) is 2. The Bertz CT molecular complexity index is 557. The number of ether oxygens (including phenoxy) is 1. The fraction of sp³-hybridized carbons (Fsp3) is 0.412. The molecule has 5 heteroatoms. The molecule has 0 unspecified atom stereocenters. The quantitative estimate of drug-likeness (QED) is 0.679. The molecule has 2 rings (SSSR count). The smallest absolute Gasteiger partial charge is 0.135 e. The summed E-state index contributed by atoms with van der Waals surface area (Å²) in [7, 11) is 0.